The summed E-state index contributed by atoms with van der Waals surface area (Å²) in [6.45, 7) is 2.90. The normalized spacial score (nSPS) is 10.8. The van der Waals surface area contributed by atoms with Gasteiger partial charge in [-0.05, 0) is 16.8 Å². The van der Waals surface area contributed by atoms with E-state index < -0.39 is 0 Å². The minimum absolute atomic E-state index is 0.122. The summed E-state index contributed by atoms with van der Waals surface area (Å²) in [4.78, 5) is 11.3. The summed E-state index contributed by atoms with van der Waals surface area (Å²) in [5.74, 6) is 0. The topological polar surface area (TPSA) is 52.7 Å². The molecule has 0 fully saturated rings. The summed E-state index contributed by atoms with van der Waals surface area (Å²) in [5.41, 5.74) is -0.122. The van der Waals surface area contributed by atoms with Crippen molar-refractivity contribution in [2.75, 3.05) is 0 Å². The largest absolute Gasteiger partial charge is 0.363 e. The van der Waals surface area contributed by atoms with E-state index >= 15 is 0 Å². The lowest BCUT2D eigenvalue weighted by Gasteiger charge is -1.99. The molecular weight excluding hydrogens is 192 g/mol. The molecule has 0 spiro atoms. The second-order valence-corrected chi connectivity index (χ2v) is 3.88. The van der Waals surface area contributed by atoms with E-state index in [1.54, 1.807) is 7.05 Å². The van der Waals surface area contributed by atoms with Gasteiger partial charge in [-0.25, -0.2) is 4.79 Å². The number of tetrazole rings is 1. The zero-order chi connectivity index (χ0) is 11.1. The van der Waals surface area contributed by atoms with Crippen molar-refractivity contribution in [3.05, 3.63) is 10.5 Å². The third kappa shape index (κ3) is 3.85. The van der Waals surface area contributed by atoms with Gasteiger partial charge in [-0.1, -0.05) is 39.0 Å². The van der Waals surface area contributed by atoms with Gasteiger partial charge in [-0.2, -0.15) is 9.36 Å². The fourth-order valence-corrected chi connectivity index (χ4v) is 1.53. The van der Waals surface area contributed by atoms with Crippen molar-refractivity contribution in [3.8, 4) is 0 Å². The first-order chi connectivity index (χ1) is 7.25. The maximum Gasteiger partial charge on any atom is 0.363 e. The molecule has 0 amide bonds. The molecule has 0 unspecified atom stereocenters. The van der Waals surface area contributed by atoms with Crippen LogP contribution in [0.15, 0.2) is 4.79 Å². The zero-order valence-corrected chi connectivity index (χ0v) is 9.65. The van der Waals surface area contributed by atoms with Gasteiger partial charge in [-0.15, -0.1) is 0 Å². The average Bonchev–Trinajstić information content (AvgIpc) is 2.54. The van der Waals surface area contributed by atoms with Crippen molar-refractivity contribution < 1.29 is 0 Å². The minimum Gasteiger partial charge on any atom is -0.244 e. The number of nitrogens with zero attached hydrogens (tertiary/aromatic N) is 4. The van der Waals surface area contributed by atoms with Crippen LogP contribution in [0.1, 0.15) is 45.4 Å². The minimum atomic E-state index is -0.122. The summed E-state index contributed by atoms with van der Waals surface area (Å²) in [6, 6.07) is 0. The van der Waals surface area contributed by atoms with Crippen molar-refractivity contribution in [1.82, 2.24) is 19.8 Å². The maximum absolute atomic E-state index is 11.3. The Morgan fingerprint density at radius 2 is 1.73 bits per heavy atom. The van der Waals surface area contributed by atoms with Crippen LogP contribution in [0.2, 0.25) is 0 Å². The second kappa shape index (κ2) is 6.37. The Bertz CT molecular complexity index is 328. The van der Waals surface area contributed by atoms with Gasteiger partial charge in [0.25, 0.3) is 0 Å². The van der Waals surface area contributed by atoms with E-state index in [1.165, 1.54) is 41.5 Å². The fourth-order valence-electron chi connectivity index (χ4n) is 1.53. The predicted molar refractivity (Wildman–Crippen MR) is 58.6 cm³/mol. The molecule has 0 aliphatic heterocycles. The Kier molecular flexibility index (Phi) is 5.07. The maximum atomic E-state index is 11.3. The highest BCUT2D eigenvalue weighted by atomic mass is 16.2. The van der Waals surface area contributed by atoms with Gasteiger partial charge in [0.05, 0.1) is 0 Å². The van der Waals surface area contributed by atoms with Crippen LogP contribution in [0.25, 0.3) is 0 Å². The Labute approximate surface area is 90.1 Å². The monoisotopic (exact) mass is 212 g/mol. The van der Waals surface area contributed by atoms with Crippen molar-refractivity contribution in [2.45, 2.75) is 52.0 Å². The van der Waals surface area contributed by atoms with Crippen LogP contribution < -0.4 is 5.69 Å². The van der Waals surface area contributed by atoms with Crippen LogP contribution in [0, 0.1) is 0 Å². The first kappa shape index (κ1) is 11.9. The summed E-state index contributed by atoms with van der Waals surface area (Å²) in [5, 5.41) is 7.43. The molecule has 5 nitrogen and oxygen atoms in total. The molecule has 15 heavy (non-hydrogen) atoms. The molecule has 1 heterocycles. The molecule has 0 aliphatic carbocycles. The third-order valence-corrected chi connectivity index (χ3v) is 2.50. The molecule has 1 rings (SSSR count). The molecule has 1 aromatic rings. The van der Waals surface area contributed by atoms with Crippen LogP contribution >= 0.6 is 0 Å². The summed E-state index contributed by atoms with van der Waals surface area (Å²) in [7, 11) is 1.62. The molecule has 1 aromatic heterocycles. The molecule has 0 bridgehead atoms. The molecule has 0 N–H and O–H groups in total. The van der Waals surface area contributed by atoms with Crippen LogP contribution in [0.3, 0.4) is 0 Å². The Morgan fingerprint density at radius 3 is 2.33 bits per heavy atom. The molecule has 0 aliphatic rings. The lowest BCUT2D eigenvalue weighted by molar-refractivity contribution is 0.507. The summed E-state index contributed by atoms with van der Waals surface area (Å²) in [6.07, 6.45) is 7.31. The average molecular weight is 212 g/mol. The van der Waals surface area contributed by atoms with E-state index in [9.17, 15) is 4.79 Å². The molecule has 0 saturated heterocycles. The van der Waals surface area contributed by atoms with Crippen molar-refractivity contribution >= 4 is 0 Å². The summed E-state index contributed by atoms with van der Waals surface area (Å²) < 4.78 is 2.69. The van der Waals surface area contributed by atoms with Crippen molar-refractivity contribution in [3.63, 3.8) is 0 Å². The third-order valence-electron chi connectivity index (χ3n) is 2.50. The number of aromatic nitrogens is 4. The van der Waals surface area contributed by atoms with Gasteiger partial charge in [0, 0.05) is 13.6 Å². The van der Waals surface area contributed by atoms with E-state index in [-0.39, 0.29) is 5.69 Å². The molecule has 0 atom stereocenters. The second-order valence-electron chi connectivity index (χ2n) is 3.88. The van der Waals surface area contributed by atoms with Gasteiger partial charge < -0.3 is 0 Å². The van der Waals surface area contributed by atoms with E-state index in [0.717, 1.165) is 6.42 Å². The Balaban J connectivity index is 2.15. The fraction of sp³-hybridized carbons (Fsp3) is 0.900. The number of aryl methyl sites for hydroxylation is 2. The zero-order valence-electron chi connectivity index (χ0n) is 9.65. The molecule has 0 aromatic carbocycles. The highest BCUT2D eigenvalue weighted by molar-refractivity contribution is 4.55. The molecular formula is C10H20N4O. The SMILES string of the molecule is CCCCCCCCn1nnn(C)c1=O. The van der Waals surface area contributed by atoms with E-state index in [0.29, 0.717) is 6.54 Å². The number of hydrogen-bond donors (Lipinski definition) is 0. The van der Waals surface area contributed by atoms with Crippen LogP contribution in [0.4, 0.5) is 0 Å². The molecule has 0 saturated carbocycles. The van der Waals surface area contributed by atoms with Crippen LogP contribution in [-0.4, -0.2) is 19.8 Å². The standard InChI is InChI=1S/C10H20N4O/c1-3-4-5-6-7-8-9-14-10(15)13(2)11-12-14/h3-9H2,1-2H3. The number of unbranched alkanes of at least 4 members (excludes halogenated alkanes) is 5. The van der Waals surface area contributed by atoms with Gasteiger partial charge in [0.15, 0.2) is 0 Å². The quantitative estimate of drug-likeness (QED) is 0.641. The van der Waals surface area contributed by atoms with Crippen LogP contribution in [0.5, 0.6) is 0 Å². The molecule has 0 radical (unpaired) electrons. The smallest absolute Gasteiger partial charge is 0.244 e. The van der Waals surface area contributed by atoms with Crippen molar-refractivity contribution in [2.24, 2.45) is 7.05 Å². The van der Waals surface area contributed by atoms with E-state index in [1.807, 2.05) is 0 Å². The molecule has 86 valence electrons. The first-order valence-corrected chi connectivity index (χ1v) is 5.72. The highest BCUT2D eigenvalue weighted by Crippen LogP contribution is 2.04. The summed E-state index contributed by atoms with van der Waals surface area (Å²) >= 11 is 0. The van der Waals surface area contributed by atoms with Gasteiger partial charge in [0.2, 0.25) is 0 Å². The van der Waals surface area contributed by atoms with E-state index in [2.05, 4.69) is 17.4 Å². The lowest BCUT2D eigenvalue weighted by atomic mass is 10.1. The van der Waals surface area contributed by atoms with Gasteiger partial charge in [-0.3, -0.25) is 0 Å². The predicted octanol–water partition coefficient (Wildman–Crippen LogP) is 1.34. The number of rotatable bonds is 7. The lowest BCUT2D eigenvalue weighted by Crippen LogP contribution is -2.23. The van der Waals surface area contributed by atoms with Crippen LogP contribution in [-0.2, 0) is 13.6 Å². The Hall–Kier alpha value is -1.13. The number of hydrogen-bond acceptors (Lipinski definition) is 3. The molecule has 5 heteroatoms. The highest BCUT2D eigenvalue weighted by Gasteiger charge is 2.01. The van der Waals surface area contributed by atoms with Gasteiger partial charge in [0.1, 0.15) is 0 Å². The van der Waals surface area contributed by atoms with E-state index in [4.69, 9.17) is 0 Å². The Morgan fingerprint density at radius 1 is 1.07 bits per heavy atom. The van der Waals surface area contributed by atoms with Gasteiger partial charge >= 0.3 is 5.69 Å². The first-order valence-electron chi connectivity index (χ1n) is 5.72. The van der Waals surface area contributed by atoms with Crippen molar-refractivity contribution in [1.29, 1.82) is 0 Å².